The zero-order valence-electron chi connectivity index (χ0n) is 14.6. The first-order valence-corrected chi connectivity index (χ1v) is 8.28. The minimum Gasteiger partial charge on any atom is -0.495 e. The second-order valence-electron chi connectivity index (χ2n) is 5.59. The SMILES string of the molecule is COc1ccccc1NCCNC(CC(=O)Nc1ccccc1)C(=O)O. The topological polar surface area (TPSA) is 99.7 Å². The summed E-state index contributed by atoms with van der Waals surface area (Å²) in [5, 5.41) is 18.0. The van der Waals surface area contributed by atoms with Crippen molar-refractivity contribution in [1.29, 1.82) is 0 Å². The number of para-hydroxylation sites is 3. The molecule has 0 radical (unpaired) electrons. The number of hydrogen-bond acceptors (Lipinski definition) is 5. The van der Waals surface area contributed by atoms with Crippen LogP contribution < -0.4 is 20.7 Å². The van der Waals surface area contributed by atoms with Crippen LogP contribution >= 0.6 is 0 Å². The van der Waals surface area contributed by atoms with Crippen LogP contribution in [0.25, 0.3) is 0 Å². The largest absolute Gasteiger partial charge is 0.495 e. The molecule has 0 aliphatic carbocycles. The highest BCUT2D eigenvalue weighted by molar-refractivity contribution is 5.94. The maximum atomic E-state index is 12.0. The summed E-state index contributed by atoms with van der Waals surface area (Å²) in [6.45, 7) is 0.873. The normalized spacial score (nSPS) is 11.4. The highest BCUT2D eigenvalue weighted by atomic mass is 16.5. The van der Waals surface area contributed by atoms with Crippen LogP contribution in [0, 0.1) is 0 Å². The third-order valence-corrected chi connectivity index (χ3v) is 3.68. The van der Waals surface area contributed by atoms with Gasteiger partial charge in [-0.3, -0.25) is 9.59 Å². The van der Waals surface area contributed by atoms with Crippen molar-refractivity contribution in [1.82, 2.24) is 5.32 Å². The van der Waals surface area contributed by atoms with Crippen molar-refractivity contribution in [2.75, 3.05) is 30.8 Å². The van der Waals surface area contributed by atoms with E-state index in [9.17, 15) is 14.7 Å². The lowest BCUT2D eigenvalue weighted by molar-refractivity contribution is -0.141. The molecule has 0 spiro atoms. The molecule has 1 unspecified atom stereocenters. The first-order chi connectivity index (χ1) is 12.6. The van der Waals surface area contributed by atoms with Gasteiger partial charge in [0, 0.05) is 18.8 Å². The van der Waals surface area contributed by atoms with E-state index in [1.54, 1.807) is 31.4 Å². The monoisotopic (exact) mass is 357 g/mol. The third-order valence-electron chi connectivity index (χ3n) is 3.68. The molecule has 1 atom stereocenters. The van der Waals surface area contributed by atoms with Crippen LogP contribution in [-0.2, 0) is 9.59 Å². The number of methoxy groups -OCH3 is 1. The number of anilines is 2. The van der Waals surface area contributed by atoms with Crippen molar-refractivity contribution < 1.29 is 19.4 Å². The Kier molecular flexibility index (Phi) is 7.45. The van der Waals surface area contributed by atoms with E-state index in [4.69, 9.17) is 4.74 Å². The lowest BCUT2D eigenvalue weighted by Crippen LogP contribution is -2.41. The first-order valence-electron chi connectivity index (χ1n) is 8.28. The maximum absolute atomic E-state index is 12.0. The summed E-state index contributed by atoms with van der Waals surface area (Å²) >= 11 is 0. The minimum atomic E-state index is -1.06. The van der Waals surface area contributed by atoms with Crippen molar-refractivity contribution >= 4 is 23.3 Å². The number of carbonyl (C=O) groups excluding carboxylic acids is 1. The molecule has 7 nitrogen and oxygen atoms in total. The number of nitrogens with one attached hydrogen (secondary N) is 3. The average molecular weight is 357 g/mol. The molecule has 0 aliphatic heterocycles. The molecule has 0 saturated heterocycles. The van der Waals surface area contributed by atoms with Crippen LogP contribution in [0.5, 0.6) is 5.75 Å². The van der Waals surface area contributed by atoms with Crippen LogP contribution in [0.4, 0.5) is 11.4 Å². The molecule has 0 fully saturated rings. The Bertz CT molecular complexity index is 722. The fourth-order valence-electron chi connectivity index (χ4n) is 2.40. The Morgan fingerprint density at radius 3 is 2.42 bits per heavy atom. The van der Waals surface area contributed by atoms with E-state index in [0.717, 1.165) is 5.69 Å². The van der Waals surface area contributed by atoms with E-state index in [1.807, 2.05) is 30.3 Å². The van der Waals surface area contributed by atoms with Gasteiger partial charge in [-0.15, -0.1) is 0 Å². The first kappa shape index (κ1) is 19.3. The summed E-state index contributed by atoms with van der Waals surface area (Å²) < 4.78 is 5.24. The second kappa shape index (κ2) is 10.0. The number of carboxylic acid groups (broad SMARTS) is 1. The Morgan fingerprint density at radius 2 is 1.73 bits per heavy atom. The number of rotatable bonds is 10. The summed E-state index contributed by atoms with van der Waals surface area (Å²) in [6, 6.07) is 15.4. The molecule has 1 amide bonds. The van der Waals surface area contributed by atoms with Crippen LogP contribution in [-0.4, -0.2) is 43.2 Å². The van der Waals surface area contributed by atoms with Gasteiger partial charge in [-0.1, -0.05) is 30.3 Å². The fourth-order valence-corrected chi connectivity index (χ4v) is 2.40. The van der Waals surface area contributed by atoms with Crippen molar-refractivity contribution in [3.8, 4) is 5.75 Å². The van der Waals surface area contributed by atoms with E-state index >= 15 is 0 Å². The summed E-state index contributed by atoms with van der Waals surface area (Å²) in [5.41, 5.74) is 1.46. The van der Waals surface area contributed by atoms with Crippen molar-refractivity contribution in [3.63, 3.8) is 0 Å². The number of amides is 1. The Morgan fingerprint density at radius 1 is 1.04 bits per heavy atom. The van der Waals surface area contributed by atoms with Crippen molar-refractivity contribution in [2.45, 2.75) is 12.5 Å². The van der Waals surface area contributed by atoms with Gasteiger partial charge in [0.2, 0.25) is 5.91 Å². The van der Waals surface area contributed by atoms with Gasteiger partial charge < -0.3 is 25.8 Å². The van der Waals surface area contributed by atoms with E-state index in [1.165, 1.54) is 0 Å². The zero-order chi connectivity index (χ0) is 18.8. The van der Waals surface area contributed by atoms with Gasteiger partial charge in [-0.2, -0.15) is 0 Å². The highest BCUT2D eigenvalue weighted by Gasteiger charge is 2.20. The van der Waals surface area contributed by atoms with Gasteiger partial charge in [0.15, 0.2) is 0 Å². The summed E-state index contributed by atoms with van der Waals surface area (Å²) in [6.07, 6.45) is -0.154. The lowest BCUT2D eigenvalue weighted by atomic mass is 10.2. The van der Waals surface area contributed by atoms with E-state index < -0.39 is 12.0 Å². The minimum absolute atomic E-state index is 0.154. The summed E-state index contributed by atoms with van der Waals surface area (Å²) in [5.74, 6) is -0.705. The van der Waals surface area contributed by atoms with Gasteiger partial charge in [0.1, 0.15) is 11.8 Å². The van der Waals surface area contributed by atoms with Gasteiger partial charge in [0.05, 0.1) is 19.2 Å². The quantitative estimate of drug-likeness (QED) is 0.487. The molecule has 7 heteroatoms. The van der Waals surface area contributed by atoms with Gasteiger partial charge in [-0.25, -0.2) is 0 Å². The zero-order valence-corrected chi connectivity index (χ0v) is 14.6. The average Bonchev–Trinajstić information content (AvgIpc) is 2.65. The number of carboxylic acids is 1. The molecule has 26 heavy (non-hydrogen) atoms. The molecule has 0 saturated carbocycles. The summed E-state index contributed by atoms with van der Waals surface area (Å²) in [7, 11) is 1.59. The second-order valence-corrected chi connectivity index (χ2v) is 5.59. The number of hydrogen-bond donors (Lipinski definition) is 4. The smallest absolute Gasteiger partial charge is 0.321 e. The Balaban J connectivity index is 1.79. The summed E-state index contributed by atoms with van der Waals surface area (Å²) in [4.78, 5) is 23.4. The third kappa shape index (κ3) is 6.10. The molecular weight excluding hydrogens is 334 g/mol. The fraction of sp³-hybridized carbons (Fsp3) is 0.263. The molecule has 0 aliphatic rings. The van der Waals surface area contributed by atoms with Crippen molar-refractivity contribution in [2.24, 2.45) is 0 Å². The number of benzene rings is 2. The molecule has 2 rings (SSSR count). The van der Waals surface area contributed by atoms with Crippen LogP contribution in [0.3, 0.4) is 0 Å². The predicted molar refractivity (Wildman–Crippen MR) is 101 cm³/mol. The number of aliphatic carboxylic acids is 1. The Labute approximate surface area is 152 Å². The maximum Gasteiger partial charge on any atom is 0.321 e. The van der Waals surface area contributed by atoms with Gasteiger partial charge >= 0.3 is 5.97 Å². The van der Waals surface area contributed by atoms with Crippen LogP contribution in [0.15, 0.2) is 54.6 Å². The number of carbonyl (C=O) groups is 2. The molecule has 138 valence electrons. The molecule has 0 bridgehead atoms. The predicted octanol–water partition coefficient (Wildman–Crippen LogP) is 2.18. The molecular formula is C19H23N3O4. The Hall–Kier alpha value is -3.06. The molecule has 0 aromatic heterocycles. The van der Waals surface area contributed by atoms with E-state index in [2.05, 4.69) is 16.0 Å². The van der Waals surface area contributed by atoms with Crippen molar-refractivity contribution in [3.05, 3.63) is 54.6 Å². The standard InChI is InChI=1S/C19H23N3O4/c1-26-17-10-6-5-9-15(17)20-11-12-21-16(19(24)25)13-18(23)22-14-7-3-2-4-8-14/h2-10,16,20-21H,11-13H2,1H3,(H,22,23)(H,24,25). The highest BCUT2D eigenvalue weighted by Crippen LogP contribution is 2.22. The molecule has 4 N–H and O–H groups in total. The molecule has 2 aromatic rings. The number of ether oxygens (including phenoxy) is 1. The van der Waals surface area contributed by atoms with Crippen LogP contribution in [0.1, 0.15) is 6.42 Å². The van der Waals surface area contributed by atoms with Crippen LogP contribution in [0.2, 0.25) is 0 Å². The molecule has 0 heterocycles. The van der Waals surface area contributed by atoms with E-state index in [0.29, 0.717) is 24.5 Å². The lowest BCUT2D eigenvalue weighted by Gasteiger charge is -2.16. The van der Waals surface area contributed by atoms with E-state index in [-0.39, 0.29) is 12.3 Å². The van der Waals surface area contributed by atoms with Gasteiger partial charge in [-0.05, 0) is 24.3 Å². The van der Waals surface area contributed by atoms with Gasteiger partial charge in [0.25, 0.3) is 0 Å². The molecule has 2 aromatic carbocycles.